The van der Waals surface area contributed by atoms with E-state index in [0.717, 1.165) is 16.9 Å². The maximum Gasteiger partial charge on any atom is 0.270 e. The maximum absolute atomic E-state index is 13.5. The summed E-state index contributed by atoms with van der Waals surface area (Å²) >= 11 is 1.31. The van der Waals surface area contributed by atoms with E-state index in [1.165, 1.54) is 18.3 Å². The van der Waals surface area contributed by atoms with E-state index in [1.807, 2.05) is 61.5 Å². The zero-order valence-corrected chi connectivity index (χ0v) is 17.6. The topological polar surface area (TPSA) is 69.9 Å². The quantitative estimate of drug-likeness (QED) is 0.652. The van der Waals surface area contributed by atoms with Crippen molar-refractivity contribution in [2.45, 2.75) is 25.6 Å². The van der Waals surface area contributed by atoms with E-state index in [4.69, 9.17) is 14.5 Å². The summed E-state index contributed by atoms with van der Waals surface area (Å²) in [5.74, 6) is 0.755. The van der Waals surface area contributed by atoms with Crippen LogP contribution in [0.1, 0.15) is 31.0 Å². The summed E-state index contributed by atoms with van der Waals surface area (Å²) in [6.07, 6.45) is 1.83. The van der Waals surface area contributed by atoms with Crippen LogP contribution >= 0.6 is 11.3 Å². The smallest absolute Gasteiger partial charge is 0.270 e. The second kappa shape index (κ2) is 6.67. The van der Waals surface area contributed by atoms with E-state index < -0.39 is 17.7 Å². The molecule has 152 valence electrons. The number of Topliss-reactive ketones (excluding diaryl/α,β-unsaturated/α-hetero) is 1. The van der Waals surface area contributed by atoms with Crippen LogP contribution in [0, 0.1) is 5.92 Å². The Labute approximate surface area is 176 Å². The van der Waals surface area contributed by atoms with E-state index in [2.05, 4.69) is 0 Å². The van der Waals surface area contributed by atoms with E-state index in [0.29, 0.717) is 15.1 Å². The summed E-state index contributed by atoms with van der Waals surface area (Å²) in [7, 11) is 1.61. The molecule has 0 spiro atoms. The highest BCUT2D eigenvalue weighted by Gasteiger charge is 2.53. The molecule has 2 aliphatic heterocycles. The zero-order valence-electron chi connectivity index (χ0n) is 16.8. The van der Waals surface area contributed by atoms with Crippen LogP contribution in [0.25, 0.3) is 6.08 Å². The molecule has 6 nitrogen and oxygen atoms in total. The number of ketones is 1. The lowest BCUT2D eigenvalue weighted by Crippen LogP contribution is -2.58. The van der Waals surface area contributed by atoms with Gasteiger partial charge in [0.15, 0.2) is 4.80 Å². The Morgan fingerprint density at radius 2 is 2.07 bits per heavy atom. The van der Waals surface area contributed by atoms with Gasteiger partial charge in [-0.25, -0.2) is 4.99 Å². The van der Waals surface area contributed by atoms with E-state index >= 15 is 0 Å². The van der Waals surface area contributed by atoms with Crippen LogP contribution in [0.15, 0.2) is 58.3 Å². The van der Waals surface area contributed by atoms with Gasteiger partial charge in [-0.05, 0) is 43.7 Å². The first-order chi connectivity index (χ1) is 14.4. The Morgan fingerprint density at radius 3 is 2.83 bits per heavy atom. The van der Waals surface area contributed by atoms with Crippen molar-refractivity contribution >= 4 is 23.2 Å². The van der Waals surface area contributed by atoms with Crippen molar-refractivity contribution in [3.05, 3.63) is 79.3 Å². The molecule has 7 heteroatoms. The number of carbonyl (C=O) groups excluding carboxylic acids is 1. The first-order valence-corrected chi connectivity index (χ1v) is 10.5. The summed E-state index contributed by atoms with van der Waals surface area (Å²) in [5.41, 5.74) is 0.491. The molecule has 3 heterocycles. The number of ether oxygens (including phenoxy) is 2. The number of carbonyl (C=O) groups is 1. The van der Waals surface area contributed by atoms with Gasteiger partial charge in [-0.15, -0.1) is 0 Å². The highest BCUT2D eigenvalue weighted by Crippen LogP contribution is 2.47. The molecule has 5 rings (SSSR count). The summed E-state index contributed by atoms with van der Waals surface area (Å²) in [6, 6.07) is 14.6. The lowest BCUT2D eigenvalue weighted by Gasteiger charge is -2.45. The number of aromatic nitrogens is 1. The van der Waals surface area contributed by atoms with Gasteiger partial charge in [0, 0.05) is 5.56 Å². The monoisotopic (exact) mass is 420 g/mol. The van der Waals surface area contributed by atoms with E-state index in [-0.39, 0.29) is 11.3 Å². The standard InChI is InChI=1S/C23H20N2O4S/c1-13(26)19-20-16-9-4-5-10-17(16)29-23(19,2)24-22-25(20)21(27)18(30-22)12-14-7-6-8-15(11-14)28-3/h4-12,19-20H,1-3H3/b18-12-/t19-,20-,23-/m0/s1. The molecule has 0 saturated carbocycles. The molecule has 3 atom stereocenters. The zero-order chi connectivity index (χ0) is 21.0. The van der Waals surface area contributed by atoms with Gasteiger partial charge in [-0.3, -0.25) is 14.2 Å². The number of rotatable bonds is 3. The second-order valence-electron chi connectivity index (χ2n) is 7.68. The molecule has 0 fully saturated rings. The summed E-state index contributed by atoms with van der Waals surface area (Å²) in [4.78, 5) is 31.4. The number of benzene rings is 2. The van der Waals surface area contributed by atoms with Gasteiger partial charge < -0.3 is 9.47 Å². The van der Waals surface area contributed by atoms with Gasteiger partial charge in [0.1, 0.15) is 23.2 Å². The average molecular weight is 420 g/mol. The average Bonchev–Trinajstić information content (AvgIpc) is 3.01. The van der Waals surface area contributed by atoms with Gasteiger partial charge >= 0.3 is 0 Å². The number of nitrogens with zero attached hydrogens (tertiary/aromatic N) is 2. The molecular formula is C23H20N2O4S. The molecule has 0 unspecified atom stereocenters. The molecule has 0 N–H and O–H groups in total. The Balaban J connectivity index is 1.78. The first kappa shape index (κ1) is 18.8. The minimum atomic E-state index is -1.05. The Kier molecular flexibility index (Phi) is 4.18. The van der Waals surface area contributed by atoms with Crippen LogP contribution in [0.4, 0.5) is 0 Å². The third-order valence-electron chi connectivity index (χ3n) is 5.71. The fraction of sp³-hybridized carbons (Fsp3) is 0.261. The van der Waals surface area contributed by atoms with Crippen LogP contribution < -0.4 is 24.4 Å². The van der Waals surface area contributed by atoms with Crippen LogP contribution in [0.2, 0.25) is 0 Å². The molecule has 2 aliphatic rings. The van der Waals surface area contributed by atoms with Crippen molar-refractivity contribution in [3.63, 3.8) is 0 Å². The van der Waals surface area contributed by atoms with Crippen molar-refractivity contribution in [2.75, 3.05) is 7.11 Å². The van der Waals surface area contributed by atoms with Crippen LogP contribution in [0.5, 0.6) is 11.5 Å². The number of hydrogen-bond donors (Lipinski definition) is 0. The van der Waals surface area contributed by atoms with E-state index in [9.17, 15) is 9.59 Å². The van der Waals surface area contributed by atoms with Crippen LogP contribution in [0.3, 0.4) is 0 Å². The molecule has 3 aromatic rings. The molecular weight excluding hydrogens is 400 g/mol. The predicted molar refractivity (Wildman–Crippen MR) is 114 cm³/mol. The van der Waals surface area contributed by atoms with Crippen molar-refractivity contribution in [3.8, 4) is 11.5 Å². The number of fused-ring (bicyclic) bond motifs is 6. The number of thiazole rings is 1. The Morgan fingerprint density at radius 1 is 1.27 bits per heavy atom. The highest BCUT2D eigenvalue weighted by molar-refractivity contribution is 7.07. The second-order valence-corrected chi connectivity index (χ2v) is 8.69. The molecule has 2 aromatic carbocycles. The molecule has 0 aliphatic carbocycles. The lowest BCUT2D eigenvalue weighted by atomic mass is 9.79. The van der Waals surface area contributed by atoms with Crippen molar-refractivity contribution in [2.24, 2.45) is 10.9 Å². The fourth-order valence-corrected chi connectivity index (χ4v) is 5.54. The largest absolute Gasteiger partial charge is 0.497 e. The summed E-state index contributed by atoms with van der Waals surface area (Å²) in [6.45, 7) is 3.36. The molecule has 30 heavy (non-hydrogen) atoms. The van der Waals surface area contributed by atoms with Crippen molar-refractivity contribution in [1.29, 1.82) is 0 Å². The Bertz CT molecular complexity index is 1360. The van der Waals surface area contributed by atoms with Crippen molar-refractivity contribution in [1.82, 2.24) is 4.57 Å². The number of para-hydroxylation sites is 1. The lowest BCUT2D eigenvalue weighted by molar-refractivity contribution is -0.132. The highest BCUT2D eigenvalue weighted by atomic mass is 32.1. The summed E-state index contributed by atoms with van der Waals surface area (Å²) in [5, 5.41) is 0. The summed E-state index contributed by atoms with van der Waals surface area (Å²) < 4.78 is 13.7. The normalized spacial score (nSPS) is 24.3. The fourth-order valence-electron chi connectivity index (χ4n) is 4.44. The van der Waals surface area contributed by atoms with Gasteiger partial charge in [0.2, 0.25) is 5.72 Å². The minimum absolute atomic E-state index is 0.0529. The molecule has 0 radical (unpaired) electrons. The van der Waals surface area contributed by atoms with Crippen LogP contribution in [-0.2, 0) is 4.79 Å². The van der Waals surface area contributed by atoms with Crippen LogP contribution in [-0.4, -0.2) is 23.2 Å². The third kappa shape index (κ3) is 2.73. The number of methoxy groups -OCH3 is 1. The van der Waals surface area contributed by atoms with Gasteiger partial charge in [0.05, 0.1) is 17.7 Å². The molecule has 1 aromatic heterocycles. The molecule has 0 saturated heterocycles. The first-order valence-electron chi connectivity index (χ1n) is 9.67. The van der Waals surface area contributed by atoms with Gasteiger partial charge in [-0.2, -0.15) is 0 Å². The SMILES string of the molecule is COc1cccc(/C=c2\sc3n(c2=O)[C@H]2c4ccccc4O[C@](C)(N=3)[C@H]2C(C)=O)c1. The predicted octanol–water partition coefficient (Wildman–Crippen LogP) is 2.28. The minimum Gasteiger partial charge on any atom is -0.497 e. The maximum atomic E-state index is 13.5. The van der Waals surface area contributed by atoms with Gasteiger partial charge in [0.25, 0.3) is 5.56 Å². The van der Waals surface area contributed by atoms with Crippen molar-refractivity contribution < 1.29 is 14.3 Å². The molecule has 0 amide bonds. The van der Waals surface area contributed by atoms with E-state index in [1.54, 1.807) is 11.7 Å². The van der Waals surface area contributed by atoms with Gasteiger partial charge in [-0.1, -0.05) is 41.7 Å². The third-order valence-corrected chi connectivity index (χ3v) is 6.69. The Hall–Kier alpha value is -3.19. The molecule has 2 bridgehead atoms. The number of hydrogen-bond acceptors (Lipinski definition) is 6.